The Kier molecular flexibility index (Phi) is 12.8. The molecule has 0 unspecified atom stereocenters. The number of ether oxygens (including phenoxy) is 1. The summed E-state index contributed by atoms with van der Waals surface area (Å²) in [6.07, 6.45) is 8.33. The molecule has 4 N–H and O–H groups in total. The summed E-state index contributed by atoms with van der Waals surface area (Å²) < 4.78 is 5.33. The molecule has 1 amide bonds. The monoisotopic (exact) mass is 562 g/mol. The van der Waals surface area contributed by atoms with E-state index in [9.17, 15) is 4.79 Å². The third-order valence-corrected chi connectivity index (χ3v) is 6.29. The average Bonchev–Trinajstić information content (AvgIpc) is 3.40. The van der Waals surface area contributed by atoms with Crippen LogP contribution in [0.4, 0.5) is 10.5 Å². The number of carbonyl (C=O) groups excluding carboxylic acids is 1. The first-order valence-electron chi connectivity index (χ1n) is 13.4. The summed E-state index contributed by atoms with van der Waals surface area (Å²) in [7, 11) is 0. The van der Waals surface area contributed by atoms with Gasteiger partial charge in [-0.15, -0.1) is 0 Å². The predicted octanol–water partition coefficient (Wildman–Crippen LogP) is 4.91. The number of aliphatic imine (C=N–C) groups is 1. The van der Waals surface area contributed by atoms with Crippen LogP contribution in [0, 0.1) is 12.3 Å². The number of benzene rings is 1. The number of H-pyrrole nitrogens is 1. The van der Waals surface area contributed by atoms with Crippen molar-refractivity contribution in [1.82, 2.24) is 15.2 Å². The van der Waals surface area contributed by atoms with Crippen LogP contribution in [0.15, 0.2) is 72.4 Å². The zero-order chi connectivity index (χ0) is 30.4. The van der Waals surface area contributed by atoms with Crippen molar-refractivity contribution in [2.24, 2.45) is 4.99 Å². The molecule has 1 fully saturated rings. The Morgan fingerprint density at radius 1 is 1.22 bits per heavy atom. The Hall–Kier alpha value is -4.44. The number of nitrogens with one attached hydrogen (secondary N) is 3. The lowest BCUT2D eigenvalue weighted by molar-refractivity contribution is -0.122. The van der Waals surface area contributed by atoms with Gasteiger partial charge in [0, 0.05) is 51.0 Å². The molecule has 0 atom stereocenters. The normalized spacial score (nSPS) is 14.4. The van der Waals surface area contributed by atoms with E-state index in [-0.39, 0.29) is 6.47 Å². The molecule has 1 aromatic heterocycles. The predicted molar refractivity (Wildman–Crippen MR) is 165 cm³/mol. The number of aromatic amines is 1. The second-order valence-electron chi connectivity index (χ2n) is 10.4. The van der Waals surface area contributed by atoms with Crippen molar-refractivity contribution in [2.45, 2.75) is 39.8 Å². The lowest BCUT2D eigenvalue weighted by Gasteiger charge is -2.35. The van der Waals surface area contributed by atoms with Crippen molar-refractivity contribution in [3.8, 4) is 0 Å². The van der Waals surface area contributed by atoms with E-state index in [1.807, 2.05) is 64.2 Å². The number of hydrogen-bond acceptors (Lipinski definition) is 6. The first-order chi connectivity index (χ1) is 19.5. The third-order valence-electron chi connectivity index (χ3n) is 6.29. The van der Waals surface area contributed by atoms with Gasteiger partial charge in [0.1, 0.15) is 11.9 Å². The number of allylic oxidation sites excluding steroid dienone is 2. The van der Waals surface area contributed by atoms with Crippen LogP contribution in [-0.4, -0.2) is 77.9 Å². The molecule has 10 nitrogen and oxygen atoms in total. The van der Waals surface area contributed by atoms with Crippen molar-refractivity contribution >= 4 is 30.3 Å². The SMILES string of the molecule is C=C/C=C(\C=C)CN1CCN(c2c[nH]c(C(=NC=N)c3ccc(CNC(=O)OC(C)(C)C)c(C)c3)c2)CC1.O=CO. The van der Waals surface area contributed by atoms with E-state index in [1.165, 1.54) is 5.57 Å². The average molecular weight is 563 g/mol. The van der Waals surface area contributed by atoms with Crippen LogP contribution in [0.2, 0.25) is 0 Å². The molecule has 3 rings (SSSR count). The Morgan fingerprint density at radius 3 is 2.46 bits per heavy atom. The number of anilines is 1. The van der Waals surface area contributed by atoms with Crippen molar-refractivity contribution < 1.29 is 19.4 Å². The molecule has 0 spiro atoms. The fraction of sp³-hybridized carbons (Fsp3) is 0.355. The standard InChI is InChI=1S/C30H40N6O2.CH2O2/c1-7-9-23(8-2)20-35-12-14-36(15-13-35)26-17-27(32-19-26)28(34-21-31)24-10-11-25(22(3)16-24)18-33-29(37)38-30(4,5)6;2-1-3/h7-11,16-17,19,21,31-32H,1-2,12-15,18,20H2,3-6H3,(H,33,37);1H,(H,2,3)/b23-9+,31-21?,34-28?;. The summed E-state index contributed by atoms with van der Waals surface area (Å²) in [6, 6.07) is 8.07. The molecule has 1 aliphatic rings. The van der Waals surface area contributed by atoms with Crippen LogP contribution in [0.25, 0.3) is 0 Å². The Bertz CT molecular complexity index is 1260. The summed E-state index contributed by atoms with van der Waals surface area (Å²) in [5.74, 6) is 0. The molecule has 10 heteroatoms. The highest BCUT2D eigenvalue weighted by Gasteiger charge is 2.20. The van der Waals surface area contributed by atoms with Crippen molar-refractivity contribution in [2.75, 3.05) is 37.6 Å². The van der Waals surface area contributed by atoms with Crippen LogP contribution in [0.5, 0.6) is 0 Å². The van der Waals surface area contributed by atoms with Crippen LogP contribution >= 0.6 is 0 Å². The smallest absolute Gasteiger partial charge is 0.407 e. The minimum Gasteiger partial charge on any atom is -0.483 e. The summed E-state index contributed by atoms with van der Waals surface area (Å²) >= 11 is 0. The van der Waals surface area contributed by atoms with Crippen molar-refractivity contribution in [3.63, 3.8) is 0 Å². The molecular formula is C31H42N6O4. The van der Waals surface area contributed by atoms with Crippen LogP contribution in [-0.2, 0) is 16.1 Å². The fourth-order valence-corrected chi connectivity index (χ4v) is 4.35. The van der Waals surface area contributed by atoms with E-state index in [0.29, 0.717) is 12.3 Å². The highest BCUT2D eigenvalue weighted by molar-refractivity contribution is 6.14. The number of carboxylic acid groups (broad SMARTS) is 1. The zero-order valence-corrected chi connectivity index (χ0v) is 24.4. The van der Waals surface area contributed by atoms with Crippen molar-refractivity contribution in [1.29, 1.82) is 5.41 Å². The van der Waals surface area contributed by atoms with Crippen LogP contribution in [0.3, 0.4) is 0 Å². The maximum absolute atomic E-state index is 12.0. The van der Waals surface area contributed by atoms with E-state index >= 15 is 0 Å². The molecule has 0 bridgehead atoms. The number of aryl methyl sites for hydroxylation is 1. The summed E-state index contributed by atoms with van der Waals surface area (Å²) in [4.78, 5) is 32.9. The Balaban J connectivity index is 0.00000187. The molecular weight excluding hydrogens is 520 g/mol. The molecule has 2 heterocycles. The molecule has 220 valence electrons. The molecule has 2 aromatic rings. The number of hydrogen-bond donors (Lipinski definition) is 4. The zero-order valence-electron chi connectivity index (χ0n) is 24.4. The fourth-order valence-electron chi connectivity index (χ4n) is 4.35. The topological polar surface area (TPSA) is 134 Å². The highest BCUT2D eigenvalue weighted by atomic mass is 16.6. The lowest BCUT2D eigenvalue weighted by Crippen LogP contribution is -2.46. The number of nitrogens with zero attached hydrogens (tertiary/aromatic N) is 3. The van der Waals surface area contributed by atoms with E-state index in [1.54, 1.807) is 6.08 Å². The minimum atomic E-state index is -0.540. The molecule has 1 saturated heterocycles. The van der Waals surface area contributed by atoms with Gasteiger partial charge in [0.05, 0.1) is 17.1 Å². The van der Waals surface area contributed by atoms with E-state index in [4.69, 9.17) is 20.0 Å². The molecule has 0 radical (unpaired) electrons. The summed E-state index contributed by atoms with van der Waals surface area (Å²) in [5, 5.41) is 17.3. The van der Waals surface area contributed by atoms with Gasteiger partial charge in [0.15, 0.2) is 0 Å². The highest BCUT2D eigenvalue weighted by Crippen LogP contribution is 2.22. The van der Waals surface area contributed by atoms with Gasteiger partial charge < -0.3 is 25.0 Å². The number of aromatic nitrogens is 1. The minimum absolute atomic E-state index is 0.250. The lowest BCUT2D eigenvalue weighted by atomic mass is 10.0. The Morgan fingerprint density at radius 2 is 1.90 bits per heavy atom. The first-order valence-corrected chi connectivity index (χ1v) is 13.4. The van der Waals surface area contributed by atoms with E-state index in [0.717, 1.165) is 67.1 Å². The maximum Gasteiger partial charge on any atom is 0.407 e. The largest absolute Gasteiger partial charge is 0.483 e. The number of piperazine rings is 1. The first kappa shape index (κ1) is 32.8. The van der Waals surface area contributed by atoms with E-state index in [2.05, 4.69) is 44.3 Å². The van der Waals surface area contributed by atoms with Crippen LogP contribution < -0.4 is 10.2 Å². The number of carbonyl (C=O) groups is 2. The number of rotatable bonds is 10. The van der Waals surface area contributed by atoms with Gasteiger partial charge in [-0.25, -0.2) is 9.79 Å². The molecule has 0 saturated carbocycles. The van der Waals surface area contributed by atoms with Gasteiger partial charge in [0.2, 0.25) is 0 Å². The van der Waals surface area contributed by atoms with E-state index < -0.39 is 11.7 Å². The molecule has 1 aromatic carbocycles. The Labute approximate surface area is 242 Å². The van der Waals surface area contributed by atoms with Gasteiger partial charge in [0.25, 0.3) is 6.47 Å². The van der Waals surface area contributed by atoms with Gasteiger partial charge in [-0.1, -0.05) is 43.5 Å². The number of amides is 1. The second kappa shape index (κ2) is 16.0. The van der Waals surface area contributed by atoms with Crippen molar-refractivity contribution in [3.05, 3.63) is 89.8 Å². The maximum atomic E-state index is 12.0. The van der Waals surface area contributed by atoms with Gasteiger partial charge >= 0.3 is 6.09 Å². The molecule has 41 heavy (non-hydrogen) atoms. The van der Waals surface area contributed by atoms with Crippen LogP contribution in [0.1, 0.15) is 43.2 Å². The quantitative estimate of drug-likeness (QED) is 0.141. The summed E-state index contributed by atoms with van der Waals surface area (Å²) in [6.45, 7) is 20.0. The van der Waals surface area contributed by atoms with Gasteiger partial charge in [-0.2, -0.15) is 0 Å². The molecule has 1 aliphatic heterocycles. The summed E-state index contributed by atoms with van der Waals surface area (Å²) in [5.41, 5.74) is 6.20. The second-order valence-corrected chi connectivity index (χ2v) is 10.4. The number of alkyl carbamates (subject to hydrolysis) is 1. The van der Waals surface area contributed by atoms with Gasteiger partial charge in [-0.05, 0) is 56.5 Å². The van der Waals surface area contributed by atoms with Gasteiger partial charge in [-0.3, -0.25) is 15.1 Å². The molecule has 0 aliphatic carbocycles. The third kappa shape index (κ3) is 10.6.